The summed E-state index contributed by atoms with van der Waals surface area (Å²) in [5, 5.41) is 4.66. The Labute approximate surface area is 112 Å². The Hall–Kier alpha value is -0.280. The first kappa shape index (κ1) is 13.2. The molecule has 0 aromatic heterocycles. The number of likely N-dealkylation sites (N-methyl/N-ethyl adjacent to an activating group) is 1. The molecule has 2 unspecified atom stereocenters. The molecule has 1 aliphatic rings. The molecule has 0 spiro atoms. The van der Waals surface area contributed by atoms with Crippen LogP contribution in [0.1, 0.15) is 12.0 Å². The summed E-state index contributed by atoms with van der Waals surface area (Å²) in [5.74, 6) is 0.565. The molecule has 1 aromatic carbocycles. The molecule has 1 aromatic rings. The van der Waals surface area contributed by atoms with Gasteiger partial charge in [-0.3, -0.25) is 0 Å². The van der Waals surface area contributed by atoms with Gasteiger partial charge in [-0.15, -0.1) is 0 Å². The number of hydrogen-bond acceptors (Lipinski definition) is 2. The molecule has 2 atom stereocenters. The highest BCUT2D eigenvalue weighted by molar-refractivity contribution is 6.42. The SMILES string of the molecule is CNC(Cc1cccc(Cl)c1Cl)C1CCOC1. The van der Waals surface area contributed by atoms with Crippen LogP contribution in [0.5, 0.6) is 0 Å². The van der Waals surface area contributed by atoms with Crippen molar-refractivity contribution in [2.45, 2.75) is 18.9 Å². The molecule has 1 fully saturated rings. The minimum Gasteiger partial charge on any atom is -0.381 e. The summed E-state index contributed by atoms with van der Waals surface area (Å²) in [6.45, 7) is 1.70. The smallest absolute Gasteiger partial charge is 0.0624 e. The highest BCUT2D eigenvalue weighted by Crippen LogP contribution is 2.28. The van der Waals surface area contributed by atoms with Crippen molar-refractivity contribution < 1.29 is 4.74 Å². The Morgan fingerprint density at radius 1 is 1.47 bits per heavy atom. The second-order valence-corrected chi connectivity index (χ2v) is 5.22. The van der Waals surface area contributed by atoms with Gasteiger partial charge in [-0.1, -0.05) is 35.3 Å². The number of nitrogens with one attached hydrogen (secondary N) is 1. The average Bonchev–Trinajstić information content (AvgIpc) is 2.85. The van der Waals surface area contributed by atoms with Crippen molar-refractivity contribution in [2.75, 3.05) is 20.3 Å². The largest absolute Gasteiger partial charge is 0.381 e. The topological polar surface area (TPSA) is 21.3 Å². The number of hydrogen-bond donors (Lipinski definition) is 1. The van der Waals surface area contributed by atoms with Crippen molar-refractivity contribution >= 4 is 23.2 Å². The van der Waals surface area contributed by atoms with Crippen LogP contribution in [0.25, 0.3) is 0 Å². The normalized spacial score (nSPS) is 21.7. The van der Waals surface area contributed by atoms with Gasteiger partial charge in [-0.25, -0.2) is 0 Å². The van der Waals surface area contributed by atoms with Crippen molar-refractivity contribution in [3.8, 4) is 0 Å². The predicted octanol–water partition coefficient (Wildman–Crippen LogP) is 3.16. The third-order valence-electron chi connectivity index (χ3n) is 3.38. The van der Waals surface area contributed by atoms with Gasteiger partial charge in [0.1, 0.15) is 0 Å². The first-order valence-corrected chi connectivity index (χ1v) is 6.66. The van der Waals surface area contributed by atoms with Crippen LogP contribution in [0.2, 0.25) is 10.0 Å². The van der Waals surface area contributed by atoms with E-state index in [1.807, 2.05) is 25.2 Å². The zero-order valence-electron chi connectivity index (χ0n) is 9.88. The van der Waals surface area contributed by atoms with Crippen LogP contribution in [-0.4, -0.2) is 26.3 Å². The summed E-state index contributed by atoms with van der Waals surface area (Å²) in [6.07, 6.45) is 2.01. The fraction of sp³-hybridized carbons (Fsp3) is 0.538. The van der Waals surface area contributed by atoms with E-state index in [4.69, 9.17) is 27.9 Å². The van der Waals surface area contributed by atoms with E-state index in [-0.39, 0.29) is 0 Å². The molecule has 0 bridgehead atoms. The first-order chi connectivity index (χ1) is 8.22. The summed E-state index contributed by atoms with van der Waals surface area (Å²) in [6, 6.07) is 6.20. The van der Waals surface area contributed by atoms with Crippen LogP contribution >= 0.6 is 23.2 Å². The second kappa shape index (κ2) is 6.05. The lowest BCUT2D eigenvalue weighted by atomic mass is 9.93. The minimum absolute atomic E-state index is 0.397. The predicted molar refractivity (Wildman–Crippen MR) is 71.9 cm³/mol. The number of rotatable bonds is 4. The highest BCUT2D eigenvalue weighted by atomic mass is 35.5. The molecule has 94 valence electrons. The van der Waals surface area contributed by atoms with Gasteiger partial charge in [0.2, 0.25) is 0 Å². The molecule has 1 saturated heterocycles. The Kier molecular flexibility index (Phi) is 4.69. The van der Waals surface area contributed by atoms with Crippen molar-refractivity contribution in [2.24, 2.45) is 5.92 Å². The Balaban J connectivity index is 2.09. The Bertz CT molecular complexity index is 378. The molecule has 1 N–H and O–H groups in total. The van der Waals surface area contributed by atoms with Gasteiger partial charge in [0.05, 0.1) is 16.7 Å². The monoisotopic (exact) mass is 273 g/mol. The fourth-order valence-electron chi connectivity index (χ4n) is 2.32. The Morgan fingerprint density at radius 2 is 2.29 bits per heavy atom. The van der Waals surface area contributed by atoms with Gasteiger partial charge in [0.15, 0.2) is 0 Å². The van der Waals surface area contributed by atoms with Crippen LogP contribution < -0.4 is 5.32 Å². The maximum absolute atomic E-state index is 6.21. The van der Waals surface area contributed by atoms with Gasteiger partial charge in [0.25, 0.3) is 0 Å². The highest BCUT2D eigenvalue weighted by Gasteiger charge is 2.25. The lowest BCUT2D eigenvalue weighted by Crippen LogP contribution is -2.36. The van der Waals surface area contributed by atoms with E-state index >= 15 is 0 Å². The van der Waals surface area contributed by atoms with E-state index in [1.165, 1.54) is 0 Å². The van der Waals surface area contributed by atoms with Crippen molar-refractivity contribution in [1.29, 1.82) is 0 Å². The molecule has 2 rings (SSSR count). The second-order valence-electron chi connectivity index (χ2n) is 4.44. The third kappa shape index (κ3) is 3.14. The number of benzene rings is 1. The maximum Gasteiger partial charge on any atom is 0.0624 e. The van der Waals surface area contributed by atoms with Gasteiger partial charge in [-0.05, 0) is 31.5 Å². The molecule has 0 radical (unpaired) electrons. The van der Waals surface area contributed by atoms with E-state index in [0.29, 0.717) is 22.0 Å². The molecular formula is C13H17Cl2NO. The number of ether oxygens (including phenoxy) is 1. The van der Waals surface area contributed by atoms with E-state index in [2.05, 4.69) is 5.32 Å². The van der Waals surface area contributed by atoms with Crippen molar-refractivity contribution in [1.82, 2.24) is 5.32 Å². The summed E-state index contributed by atoms with van der Waals surface area (Å²) in [7, 11) is 1.99. The summed E-state index contributed by atoms with van der Waals surface area (Å²) >= 11 is 12.2. The van der Waals surface area contributed by atoms with Crippen LogP contribution in [0.3, 0.4) is 0 Å². The minimum atomic E-state index is 0.397. The average molecular weight is 274 g/mol. The molecule has 0 amide bonds. The zero-order valence-corrected chi connectivity index (χ0v) is 11.4. The summed E-state index contributed by atoms with van der Waals surface area (Å²) in [4.78, 5) is 0. The van der Waals surface area contributed by atoms with Gasteiger partial charge in [0, 0.05) is 18.6 Å². The maximum atomic E-state index is 6.21. The molecule has 17 heavy (non-hydrogen) atoms. The van der Waals surface area contributed by atoms with Crippen LogP contribution in [0.15, 0.2) is 18.2 Å². The lowest BCUT2D eigenvalue weighted by Gasteiger charge is -2.22. The molecule has 1 aliphatic heterocycles. The fourth-order valence-corrected chi connectivity index (χ4v) is 2.71. The van der Waals surface area contributed by atoms with E-state index in [9.17, 15) is 0 Å². The summed E-state index contributed by atoms with van der Waals surface area (Å²) in [5.41, 5.74) is 1.10. The zero-order chi connectivity index (χ0) is 12.3. The lowest BCUT2D eigenvalue weighted by molar-refractivity contribution is 0.177. The quantitative estimate of drug-likeness (QED) is 0.910. The van der Waals surface area contributed by atoms with E-state index < -0.39 is 0 Å². The van der Waals surface area contributed by atoms with Gasteiger partial charge in [-0.2, -0.15) is 0 Å². The summed E-state index contributed by atoms with van der Waals surface area (Å²) < 4.78 is 5.43. The van der Waals surface area contributed by atoms with E-state index in [1.54, 1.807) is 0 Å². The van der Waals surface area contributed by atoms with Gasteiger partial charge >= 0.3 is 0 Å². The molecule has 0 saturated carbocycles. The Morgan fingerprint density at radius 3 is 2.94 bits per heavy atom. The van der Waals surface area contributed by atoms with Crippen LogP contribution in [-0.2, 0) is 11.2 Å². The first-order valence-electron chi connectivity index (χ1n) is 5.90. The number of halogens is 2. The third-order valence-corrected chi connectivity index (χ3v) is 4.23. The molecule has 4 heteroatoms. The van der Waals surface area contributed by atoms with Crippen LogP contribution in [0, 0.1) is 5.92 Å². The van der Waals surface area contributed by atoms with E-state index in [0.717, 1.165) is 31.6 Å². The van der Waals surface area contributed by atoms with Crippen molar-refractivity contribution in [3.05, 3.63) is 33.8 Å². The van der Waals surface area contributed by atoms with Crippen LogP contribution in [0.4, 0.5) is 0 Å². The molecule has 0 aliphatic carbocycles. The molecule has 1 heterocycles. The molecular weight excluding hydrogens is 257 g/mol. The van der Waals surface area contributed by atoms with Crippen molar-refractivity contribution in [3.63, 3.8) is 0 Å². The standard InChI is InChI=1S/C13H17Cl2NO/c1-16-12(10-5-6-17-8-10)7-9-3-2-4-11(14)13(9)15/h2-4,10,12,16H,5-8H2,1H3. The molecule has 2 nitrogen and oxygen atoms in total. The van der Waals surface area contributed by atoms with Gasteiger partial charge < -0.3 is 10.1 Å².